The number of hydrogen-bond acceptors (Lipinski definition) is 6. The predicted molar refractivity (Wildman–Crippen MR) is 55.9 cm³/mol. The maximum absolute atomic E-state index is 11.7. The van der Waals surface area contributed by atoms with Gasteiger partial charge in [0.15, 0.2) is 5.82 Å². The van der Waals surface area contributed by atoms with E-state index in [0.717, 1.165) is 11.3 Å². The quantitative estimate of drug-likeness (QED) is 0.817. The Morgan fingerprint density at radius 2 is 2.25 bits per heavy atom. The highest BCUT2D eigenvalue weighted by Crippen LogP contribution is 2.27. The molecule has 5 nitrogen and oxygen atoms in total. The lowest BCUT2D eigenvalue weighted by Gasteiger charge is -2.47. The van der Waals surface area contributed by atoms with Crippen LogP contribution in [0.3, 0.4) is 0 Å². The summed E-state index contributed by atoms with van der Waals surface area (Å²) in [5.41, 5.74) is 0. The Morgan fingerprint density at radius 3 is 2.75 bits per heavy atom. The summed E-state index contributed by atoms with van der Waals surface area (Å²) in [7, 11) is 0. The lowest BCUT2D eigenvalue weighted by atomic mass is 10.3. The summed E-state index contributed by atoms with van der Waals surface area (Å²) in [6, 6.07) is 4.37. The minimum absolute atomic E-state index is 0.0538. The second-order valence-electron chi connectivity index (χ2n) is 3.17. The van der Waals surface area contributed by atoms with Crippen LogP contribution < -0.4 is 15.5 Å². The first-order chi connectivity index (χ1) is 7.47. The van der Waals surface area contributed by atoms with Crippen LogP contribution in [0.4, 0.5) is 5.82 Å². The molecule has 0 radical (unpaired) electrons. The van der Waals surface area contributed by atoms with Crippen molar-refractivity contribution >= 4 is 28.8 Å². The molecule has 0 saturated carbocycles. The van der Waals surface area contributed by atoms with Gasteiger partial charge in [0.25, 0.3) is 0 Å². The van der Waals surface area contributed by atoms with Crippen molar-refractivity contribution in [2.45, 2.75) is 12.8 Å². The van der Waals surface area contributed by atoms with E-state index in [2.05, 4.69) is 10.5 Å². The van der Waals surface area contributed by atoms with Gasteiger partial charge in [0.1, 0.15) is 5.76 Å². The first kappa shape index (κ1) is 11.4. The van der Waals surface area contributed by atoms with Gasteiger partial charge in [-0.05, 0) is 23.9 Å². The first-order valence-electron chi connectivity index (χ1n) is 4.35. The number of thiophene rings is 1. The highest BCUT2D eigenvalue weighted by Gasteiger charge is 2.10. The molecule has 0 fully saturated rings. The molecular weight excluding hydrogens is 252 g/mol. The molecule has 2 aromatic heterocycles. The molecule has 0 aromatic carbocycles. The monoisotopic (exact) mass is 258 g/mol. The largest absolute Gasteiger partial charge is 0.843 e. The minimum Gasteiger partial charge on any atom is -0.843 e. The van der Waals surface area contributed by atoms with Gasteiger partial charge in [-0.2, -0.15) is 0 Å². The molecule has 86 valence electrons. The van der Waals surface area contributed by atoms with Crippen LogP contribution in [-0.4, -0.2) is 5.16 Å². The van der Waals surface area contributed by atoms with E-state index in [1.165, 1.54) is 18.2 Å². The molecule has 0 bridgehead atoms. The van der Waals surface area contributed by atoms with Crippen molar-refractivity contribution in [1.82, 2.24) is 5.16 Å². The molecule has 2 heterocycles. The van der Waals surface area contributed by atoms with Crippen molar-refractivity contribution in [3.05, 3.63) is 33.2 Å². The van der Waals surface area contributed by atoms with E-state index in [1.807, 2.05) is 0 Å². The molecule has 7 heteroatoms. The number of halogens is 1. The summed E-state index contributed by atoms with van der Waals surface area (Å²) in [5.74, 6) is -2.07. The molecule has 1 N–H and O–H groups in total. The summed E-state index contributed by atoms with van der Waals surface area (Å²) in [6.45, 7) is 1.66. The minimum atomic E-state index is -2.71. The van der Waals surface area contributed by atoms with Gasteiger partial charge in [-0.25, -0.2) is 0 Å². The predicted octanol–water partition coefficient (Wildman–Crippen LogP) is 0.641. The van der Waals surface area contributed by atoms with Crippen LogP contribution in [0.25, 0.3) is 0 Å². The Balaban J connectivity index is 2.19. The van der Waals surface area contributed by atoms with Gasteiger partial charge in [0.2, 0.25) is 0 Å². The summed E-state index contributed by atoms with van der Waals surface area (Å²) in [6.07, 6.45) is 0. The second-order valence-corrected chi connectivity index (χ2v) is 4.88. The van der Waals surface area contributed by atoms with E-state index < -0.39 is 5.91 Å². The van der Waals surface area contributed by atoms with Crippen molar-refractivity contribution in [3.8, 4) is 0 Å². The number of aryl methyl sites for hydroxylation is 1. The zero-order chi connectivity index (χ0) is 11.8. The molecule has 0 spiro atoms. The van der Waals surface area contributed by atoms with E-state index in [9.17, 15) is 10.2 Å². The van der Waals surface area contributed by atoms with Crippen molar-refractivity contribution in [1.29, 1.82) is 0 Å². The Labute approximate surface area is 100 Å². The Kier molecular flexibility index (Phi) is 2.90. The van der Waals surface area contributed by atoms with Crippen LogP contribution in [0.5, 0.6) is 0 Å². The standard InChI is InChI=1S/C9H7ClN2O3S/c1-5-4-8(12-15-5)11-9(13,14)6-2-3-7(10)16-6/h2-4H,1H3,(H,11,12)/q-2. The van der Waals surface area contributed by atoms with E-state index in [-0.39, 0.29) is 10.7 Å². The lowest BCUT2D eigenvalue weighted by Crippen LogP contribution is -2.58. The molecule has 2 rings (SSSR count). The number of rotatable bonds is 3. The Bertz CT molecular complexity index is 494. The average Bonchev–Trinajstić information content (AvgIpc) is 2.75. The van der Waals surface area contributed by atoms with Crippen LogP contribution >= 0.6 is 22.9 Å². The van der Waals surface area contributed by atoms with Gasteiger partial charge >= 0.3 is 0 Å². The van der Waals surface area contributed by atoms with E-state index >= 15 is 0 Å². The molecule has 0 aliphatic heterocycles. The van der Waals surface area contributed by atoms with Crippen LogP contribution in [0.15, 0.2) is 22.7 Å². The van der Waals surface area contributed by atoms with Crippen LogP contribution in [0.2, 0.25) is 4.34 Å². The molecule has 0 aliphatic rings. The fourth-order valence-electron chi connectivity index (χ4n) is 1.15. The van der Waals surface area contributed by atoms with Gasteiger partial charge < -0.3 is 20.1 Å². The lowest BCUT2D eigenvalue weighted by molar-refractivity contribution is -0.723. The van der Waals surface area contributed by atoms with Crippen molar-refractivity contribution in [3.63, 3.8) is 0 Å². The SMILES string of the molecule is Cc1cc(NC([O-])([O-])c2ccc(Cl)s2)no1. The van der Waals surface area contributed by atoms with Gasteiger partial charge in [-0.3, -0.25) is 0 Å². The summed E-state index contributed by atoms with van der Waals surface area (Å²) in [4.78, 5) is 0.0538. The van der Waals surface area contributed by atoms with Gasteiger partial charge in [0.05, 0.1) is 4.34 Å². The van der Waals surface area contributed by atoms with E-state index in [4.69, 9.17) is 16.1 Å². The topological polar surface area (TPSA) is 84.2 Å². The number of nitrogens with zero attached hydrogens (tertiary/aromatic N) is 1. The fraction of sp³-hybridized carbons (Fsp3) is 0.222. The van der Waals surface area contributed by atoms with Gasteiger partial charge in [0, 0.05) is 6.07 Å². The number of aromatic nitrogens is 1. The van der Waals surface area contributed by atoms with Crippen molar-refractivity contribution in [2.75, 3.05) is 5.32 Å². The highest BCUT2D eigenvalue weighted by atomic mass is 35.5. The molecule has 16 heavy (non-hydrogen) atoms. The average molecular weight is 259 g/mol. The Hall–Kier alpha value is -1.08. The van der Waals surface area contributed by atoms with E-state index in [0.29, 0.717) is 10.1 Å². The first-order valence-corrected chi connectivity index (χ1v) is 5.55. The smallest absolute Gasteiger partial charge is 0.167 e. The van der Waals surface area contributed by atoms with Crippen LogP contribution in [-0.2, 0) is 5.91 Å². The summed E-state index contributed by atoms with van der Waals surface area (Å²) >= 11 is 6.59. The Morgan fingerprint density at radius 1 is 1.50 bits per heavy atom. The zero-order valence-electron chi connectivity index (χ0n) is 8.19. The van der Waals surface area contributed by atoms with Crippen molar-refractivity contribution in [2.24, 2.45) is 0 Å². The third-order valence-electron chi connectivity index (χ3n) is 1.82. The third kappa shape index (κ3) is 2.35. The second kappa shape index (κ2) is 4.06. The zero-order valence-corrected chi connectivity index (χ0v) is 9.76. The molecule has 0 amide bonds. The summed E-state index contributed by atoms with van der Waals surface area (Å²) < 4.78 is 5.13. The van der Waals surface area contributed by atoms with Crippen LogP contribution in [0, 0.1) is 6.92 Å². The molecule has 2 aromatic rings. The fourth-order valence-corrected chi connectivity index (χ4v) is 2.13. The molecular formula is C9H7ClN2O3S-2. The molecule has 0 atom stereocenters. The maximum Gasteiger partial charge on any atom is 0.167 e. The van der Waals surface area contributed by atoms with Gasteiger partial charge in [-0.1, -0.05) is 22.7 Å². The normalized spacial score (nSPS) is 11.8. The van der Waals surface area contributed by atoms with Crippen LogP contribution in [0.1, 0.15) is 10.6 Å². The van der Waals surface area contributed by atoms with E-state index in [1.54, 1.807) is 6.92 Å². The molecule has 0 aliphatic carbocycles. The summed E-state index contributed by atoms with van der Waals surface area (Å²) in [5, 5.41) is 29.1. The van der Waals surface area contributed by atoms with Crippen molar-refractivity contribution < 1.29 is 14.7 Å². The number of hydrogen-bond donors (Lipinski definition) is 1. The maximum atomic E-state index is 11.7. The highest BCUT2D eigenvalue weighted by molar-refractivity contribution is 7.16. The number of nitrogens with one attached hydrogen (secondary N) is 1. The third-order valence-corrected chi connectivity index (χ3v) is 3.13. The molecule has 0 saturated heterocycles. The number of anilines is 1. The molecule has 0 unspecified atom stereocenters. The van der Waals surface area contributed by atoms with Gasteiger partial charge in [-0.15, -0.1) is 11.3 Å².